The van der Waals surface area contributed by atoms with Crippen molar-refractivity contribution in [2.45, 2.75) is 71.1 Å². The molecule has 0 saturated carbocycles. The lowest BCUT2D eigenvalue weighted by Gasteiger charge is -2.21. The molecule has 0 spiro atoms. The molecule has 0 amide bonds. The first kappa shape index (κ1) is 23.4. The van der Waals surface area contributed by atoms with Gasteiger partial charge in [0, 0.05) is 19.1 Å². The van der Waals surface area contributed by atoms with Crippen molar-refractivity contribution in [3.8, 4) is 5.75 Å². The zero-order valence-corrected chi connectivity index (χ0v) is 18.1. The summed E-state index contributed by atoms with van der Waals surface area (Å²) >= 11 is 0. The van der Waals surface area contributed by atoms with Gasteiger partial charge in [-0.3, -0.25) is 0 Å². The average molecular weight is 399 g/mol. The Hall–Kier alpha value is -1.88. The summed E-state index contributed by atoms with van der Waals surface area (Å²) in [5.41, 5.74) is 9.91. The van der Waals surface area contributed by atoms with Crippen LogP contribution in [0.5, 0.6) is 5.75 Å². The number of aliphatic hydroxyl groups excluding tert-OH is 1. The number of para-hydroxylation sites is 1. The van der Waals surface area contributed by atoms with Gasteiger partial charge in [0.15, 0.2) is 0 Å². The van der Waals surface area contributed by atoms with Crippen LogP contribution in [0, 0.1) is 0 Å². The number of aliphatic hydroxyl groups is 1. The predicted molar refractivity (Wildman–Crippen MR) is 121 cm³/mol. The molecule has 4 N–H and O–H groups in total. The highest BCUT2D eigenvalue weighted by Gasteiger charge is 2.17. The van der Waals surface area contributed by atoms with Gasteiger partial charge in [0.1, 0.15) is 5.75 Å². The number of aryl methyl sites for hydroxylation is 1. The SMILES string of the molecule is CCCCCCOc1ccccc1CC(N)C(O)CNCc1cccc(CC)c1. The first-order valence-corrected chi connectivity index (χ1v) is 11.1. The quantitative estimate of drug-likeness (QED) is 0.417. The zero-order chi connectivity index (χ0) is 20.9. The molecule has 0 bridgehead atoms. The fourth-order valence-electron chi connectivity index (χ4n) is 3.39. The molecule has 2 unspecified atom stereocenters. The third-order valence-electron chi connectivity index (χ3n) is 5.26. The van der Waals surface area contributed by atoms with Crippen molar-refractivity contribution in [1.29, 1.82) is 0 Å². The van der Waals surface area contributed by atoms with Crippen LogP contribution in [0.4, 0.5) is 0 Å². The van der Waals surface area contributed by atoms with Gasteiger partial charge in [-0.15, -0.1) is 0 Å². The van der Waals surface area contributed by atoms with Crippen LogP contribution in [0.2, 0.25) is 0 Å². The van der Waals surface area contributed by atoms with Crippen LogP contribution < -0.4 is 15.8 Å². The topological polar surface area (TPSA) is 67.5 Å². The second kappa shape index (κ2) is 13.4. The first-order chi connectivity index (χ1) is 14.1. The number of ether oxygens (including phenoxy) is 1. The van der Waals surface area contributed by atoms with E-state index in [2.05, 4.69) is 43.4 Å². The van der Waals surface area contributed by atoms with Crippen molar-refractivity contribution >= 4 is 0 Å². The number of nitrogens with two attached hydrogens (primary N) is 1. The maximum absolute atomic E-state index is 10.5. The van der Waals surface area contributed by atoms with Crippen molar-refractivity contribution in [3.05, 3.63) is 65.2 Å². The average Bonchev–Trinajstić information content (AvgIpc) is 2.74. The monoisotopic (exact) mass is 398 g/mol. The van der Waals surface area contributed by atoms with Gasteiger partial charge in [-0.25, -0.2) is 0 Å². The van der Waals surface area contributed by atoms with Gasteiger partial charge >= 0.3 is 0 Å². The van der Waals surface area contributed by atoms with E-state index in [4.69, 9.17) is 10.5 Å². The lowest BCUT2D eigenvalue weighted by Crippen LogP contribution is -2.43. The summed E-state index contributed by atoms with van der Waals surface area (Å²) in [5.74, 6) is 0.885. The Morgan fingerprint density at radius 3 is 2.59 bits per heavy atom. The molecule has 2 aromatic carbocycles. The molecule has 4 heteroatoms. The minimum Gasteiger partial charge on any atom is -0.493 e. The standard InChI is InChI=1S/C25H38N2O2/c1-3-5-6-9-15-29-25-14-8-7-13-22(25)17-23(26)24(28)19-27-18-21-12-10-11-20(4-2)16-21/h7-8,10-14,16,23-24,27-28H,3-6,9,15,17-19,26H2,1-2H3. The van der Waals surface area contributed by atoms with Crippen LogP contribution in [0.15, 0.2) is 48.5 Å². The molecular weight excluding hydrogens is 360 g/mol. The van der Waals surface area contributed by atoms with Crippen LogP contribution in [0.25, 0.3) is 0 Å². The van der Waals surface area contributed by atoms with E-state index in [-0.39, 0.29) is 6.04 Å². The Morgan fingerprint density at radius 2 is 1.79 bits per heavy atom. The molecule has 2 atom stereocenters. The number of unbranched alkanes of at least 4 members (excludes halogenated alkanes) is 3. The molecule has 0 aliphatic carbocycles. The first-order valence-electron chi connectivity index (χ1n) is 11.1. The Kier molecular flexibility index (Phi) is 10.8. The largest absolute Gasteiger partial charge is 0.493 e. The van der Waals surface area contributed by atoms with E-state index in [9.17, 15) is 5.11 Å². The van der Waals surface area contributed by atoms with Crippen LogP contribution in [-0.2, 0) is 19.4 Å². The number of nitrogens with one attached hydrogen (secondary N) is 1. The van der Waals surface area contributed by atoms with E-state index in [0.29, 0.717) is 13.0 Å². The highest BCUT2D eigenvalue weighted by atomic mass is 16.5. The normalized spacial score (nSPS) is 13.2. The lowest BCUT2D eigenvalue weighted by molar-refractivity contribution is 0.141. The van der Waals surface area contributed by atoms with Gasteiger partial charge in [0.2, 0.25) is 0 Å². The summed E-state index contributed by atoms with van der Waals surface area (Å²) in [6, 6.07) is 16.2. The zero-order valence-electron chi connectivity index (χ0n) is 18.1. The summed E-state index contributed by atoms with van der Waals surface area (Å²) < 4.78 is 5.97. The van der Waals surface area contributed by atoms with E-state index in [1.54, 1.807) is 0 Å². The summed E-state index contributed by atoms with van der Waals surface area (Å²) in [5, 5.41) is 13.8. The molecule has 0 aliphatic heterocycles. The van der Waals surface area contributed by atoms with E-state index in [1.165, 1.54) is 30.4 Å². The molecule has 0 fully saturated rings. The van der Waals surface area contributed by atoms with Crippen molar-refractivity contribution in [2.75, 3.05) is 13.2 Å². The minimum absolute atomic E-state index is 0.339. The second-order valence-electron chi connectivity index (χ2n) is 7.76. The fourth-order valence-corrected chi connectivity index (χ4v) is 3.39. The summed E-state index contributed by atoms with van der Waals surface area (Å²) in [6.45, 7) is 6.29. The molecule has 2 rings (SSSR count). The van der Waals surface area contributed by atoms with Crippen LogP contribution in [0.3, 0.4) is 0 Å². The summed E-state index contributed by atoms with van der Waals surface area (Å²) in [6.07, 6.45) is 5.76. The molecule has 160 valence electrons. The van der Waals surface area contributed by atoms with Gasteiger partial charge in [-0.05, 0) is 42.0 Å². The van der Waals surface area contributed by atoms with Crippen molar-refractivity contribution in [1.82, 2.24) is 5.32 Å². The molecule has 0 aromatic heterocycles. The molecular formula is C25H38N2O2. The predicted octanol–water partition coefficient (Wildman–Crippen LogP) is 4.23. The highest BCUT2D eigenvalue weighted by molar-refractivity contribution is 5.34. The van der Waals surface area contributed by atoms with E-state index < -0.39 is 6.10 Å². The molecule has 0 heterocycles. The minimum atomic E-state index is -0.609. The molecule has 0 saturated heterocycles. The Labute approximate surface area is 176 Å². The number of rotatable bonds is 14. The molecule has 0 aliphatic rings. The Balaban J connectivity index is 1.78. The van der Waals surface area contributed by atoms with E-state index >= 15 is 0 Å². The summed E-state index contributed by atoms with van der Waals surface area (Å²) in [4.78, 5) is 0. The van der Waals surface area contributed by atoms with Crippen LogP contribution >= 0.6 is 0 Å². The van der Waals surface area contributed by atoms with Crippen molar-refractivity contribution < 1.29 is 9.84 Å². The molecule has 0 radical (unpaired) electrons. The van der Waals surface area contributed by atoms with Crippen molar-refractivity contribution in [3.63, 3.8) is 0 Å². The van der Waals surface area contributed by atoms with Gasteiger partial charge in [0.05, 0.1) is 12.7 Å². The highest BCUT2D eigenvalue weighted by Crippen LogP contribution is 2.20. The Morgan fingerprint density at radius 1 is 1.00 bits per heavy atom. The number of benzene rings is 2. The molecule has 2 aromatic rings. The maximum atomic E-state index is 10.5. The van der Waals surface area contributed by atoms with Gasteiger partial charge in [-0.2, -0.15) is 0 Å². The van der Waals surface area contributed by atoms with Crippen LogP contribution in [0.1, 0.15) is 56.2 Å². The maximum Gasteiger partial charge on any atom is 0.122 e. The van der Waals surface area contributed by atoms with Crippen LogP contribution in [-0.4, -0.2) is 30.4 Å². The number of hydrogen-bond donors (Lipinski definition) is 3. The second-order valence-corrected chi connectivity index (χ2v) is 7.76. The molecule has 29 heavy (non-hydrogen) atoms. The molecule has 4 nitrogen and oxygen atoms in total. The van der Waals surface area contributed by atoms with Crippen molar-refractivity contribution in [2.24, 2.45) is 5.73 Å². The van der Waals surface area contributed by atoms with E-state index in [0.717, 1.165) is 37.3 Å². The smallest absolute Gasteiger partial charge is 0.122 e. The van der Waals surface area contributed by atoms with E-state index in [1.807, 2.05) is 24.3 Å². The lowest BCUT2D eigenvalue weighted by atomic mass is 10.0. The Bertz CT molecular complexity index is 705. The fraction of sp³-hybridized carbons (Fsp3) is 0.520. The summed E-state index contributed by atoms with van der Waals surface area (Å²) in [7, 11) is 0. The van der Waals surface area contributed by atoms with Gasteiger partial charge in [-0.1, -0.05) is 75.6 Å². The van der Waals surface area contributed by atoms with Gasteiger partial charge < -0.3 is 20.9 Å². The number of hydrogen-bond acceptors (Lipinski definition) is 4. The van der Waals surface area contributed by atoms with Gasteiger partial charge in [0.25, 0.3) is 0 Å². The third kappa shape index (κ3) is 8.57. The third-order valence-corrected chi connectivity index (χ3v) is 5.26.